The number of allylic oxidation sites excluding steroid dienone is 1. The maximum Gasteiger partial charge on any atom is 0.335 e. The van der Waals surface area contributed by atoms with Crippen LogP contribution < -0.4 is 0 Å². The van der Waals surface area contributed by atoms with Gasteiger partial charge in [-0.05, 0) is 48.0 Å². The maximum atomic E-state index is 13.3. The summed E-state index contributed by atoms with van der Waals surface area (Å²) in [6.07, 6.45) is 1.51. The van der Waals surface area contributed by atoms with Crippen LogP contribution in [0.3, 0.4) is 0 Å². The molecule has 1 N–H and O–H groups in total. The van der Waals surface area contributed by atoms with Gasteiger partial charge in [-0.1, -0.05) is 24.3 Å². The first-order valence-corrected chi connectivity index (χ1v) is 7.38. The highest BCUT2D eigenvalue weighted by Crippen LogP contribution is 2.26. The number of furan rings is 1. The standard InChI is InChI=1S/C20H12FNO3/c21-17-6-2-3-13(10-17)16(12-22)11-18-7-8-19(25-18)14-4-1-5-15(9-14)20(23)24/h1-11H,(H,23,24). The molecule has 5 heteroatoms. The molecule has 3 rings (SSSR count). The third-order valence-electron chi connectivity index (χ3n) is 3.56. The van der Waals surface area contributed by atoms with Crippen molar-refractivity contribution >= 4 is 17.6 Å². The fourth-order valence-corrected chi connectivity index (χ4v) is 2.37. The minimum Gasteiger partial charge on any atom is -0.478 e. The van der Waals surface area contributed by atoms with E-state index in [2.05, 4.69) is 0 Å². The first kappa shape index (κ1) is 16.2. The molecule has 0 aliphatic heterocycles. The van der Waals surface area contributed by atoms with Gasteiger partial charge in [0.1, 0.15) is 17.3 Å². The highest BCUT2D eigenvalue weighted by molar-refractivity contribution is 5.90. The number of nitrogens with zero attached hydrogens (tertiary/aromatic N) is 1. The second-order valence-electron chi connectivity index (χ2n) is 5.27. The van der Waals surface area contributed by atoms with Crippen LogP contribution in [0.4, 0.5) is 4.39 Å². The Labute approximate surface area is 143 Å². The summed E-state index contributed by atoms with van der Waals surface area (Å²) in [4.78, 5) is 11.1. The molecule has 0 saturated heterocycles. The van der Waals surface area contributed by atoms with E-state index in [1.807, 2.05) is 6.07 Å². The molecule has 25 heavy (non-hydrogen) atoms. The molecule has 1 aromatic heterocycles. The molecule has 0 unspecified atom stereocenters. The molecule has 0 radical (unpaired) electrons. The molecular formula is C20H12FNO3. The van der Waals surface area contributed by atoms with Crippen LogP contribution in [-0.2, 0) is 0 Å². The summed E-state index contributed by atoms with van der Waals surface area (Å²) in [5.41, 5.74) is 1.49. The zero-order valence-electron chi connectivity index (χ0n) is 12.9. The van der Waals surface area contributed by atoms with Crippen LogP contribution in [0.5, 0.6) is 0 Å². The Bertz CT molecular complexity index is 1010. The number of halogens is 1. The van der Waals surface area contributed by atoms with Crippen molar-refractivity contribution in [2.45, 2.75) is 0 Å². The van der Waals surface area contributed by atoms with E-state index in [0.717, 1.165) is 0 Å². The zero-order chi connectivity index (χ0) is 17.8. The van der Waals surface area contributed by atoms with Crippen LogP contribution in [0.15, 0.2) is 65.1 Å². The summed E-state index contributed by atoms with van der Waals surface area (Å²) in [7, 11) is 0. The number of hydrogen-bond acceptors (Lipinski definition) is 3. The van der Waals surface area contributed by atoms with Crippen molar-refractivity contribution < 1.29 is 18.7 Å². The third-order valence-corrected chi connectivity index (χ3v) is 3.56. The Kier molecular flexibility index (Phi) is 4.44. The average Bonchev–Trinajstić information content (AvgIpc) is 3.08. The van der Waals surface area contributed by atoms with Gasteiger partial charge < -0.3 is 9.52 Å². The SMILES string of the molecule is N#CC(=Cc1ccc(-c2cccc(C(=O)O)c2)o1)c1cccc(F)c1. The molecule has 122 valence electrons. The van der Waals surface area contributed by atoms with Crippen LogP contribution in [0.25, 0.3) is 23.0 Å². The number of benzene rings is 2. The molecule has 0 fully saturated rings. The predicted molar refractivity (Wildman–Crippen MR) is 91.0 cm³/mol. The fraction of sp³-hybridized carbons (Fsp3) is 0. The van der Waals surface area contributed by atoms with Crippen molar-refractivity contribution in [3.8, 4) is 17.4 Å². The number of rotatable bonds is 4. The molecular weight excluding hydrogens is 321 g/mol. The lowest BCUT2D eigenvalue weighted by atomic mass is 10.1. The maximum absolute atomic E-state index is 13.3. The van der Waals surface area contributed by atoms with Gasteiger partial charge in [-0.3, -0.25) is 0 Å². The van der Waals surface area contributed by atoms with Gasteiger partial charge in [0.15, 0.2) is 0 Å². The van der Waals surface area contributed by atoms with Crippen LogP contribution in [0.1, 0.15) is 21.7 Å². The summed E-state index contributed by atoms with van der Waals surface area (Å²) in [5.74, 6) is -0.557. The van der Waals surface area contributed by atoms with Crippen LogP contribution in [0, 0.1) is 17.1 Å². The topological polar surface area (TPSA) is 74.2 Å². The monoisotopic (exact) mass is 333 g/mol. The zero-order valence-corrected chi connectivity index (χ0v) is 12.9. The van der Waals surface area contributed by atoms with E-state index in [4.69, 9.17) is 9.52 Å². The van der Waals surface area contributed by atoms with Gasteiger partial charge in [0.2, 0.25) is 0 Å². The minimum absolute atomic E-state index is 0.156. The Morgan fingerprint density at radius 1 is 1.08 bits per heavy atom. The molecule has 1 heterocycles. The van der Waals surface area contributed by atoms with Gasteiger partial charge >= 0.3 is 5.97 Å². The van der Waals surface area contributed by atoms with Gasteiger partial charge in [0.25, 0.3) is 0 Å². The number of hydrogen-bond donors (Lipinski definition) is 1. The highest BCUT2D eigenvalue weighted by atomic mass is 19.1. The van der Waals surface area contributed by atoms with Gasteiger partial charge in [-0.2, -0.15) is 5.26 Å². The summed E-state index contributed by atoms with van der Waals surface area (Å²) in [6.45, 7) is 0. The normalized spacial score (nSPS) is 11.1. The summed E-state index contributed by atoms with van der Waals surface area (Å²) in [6, 6.07) is 17.5. The lowest BCUT2D eigenvalue weighted by Crippen LogP contribution is -1.95. The molecule has 0 bridgehead atoms. The van der Waals surface area contributed by atoms with Gasteiger partial charge in [-0.15, -0.1) is 0 Å². The summed E-state index contributed by atoms with van der Waals surface area (Å²) >= 11 is 0. The van der Waals surface area contributed by atoms with Crippen molar-refractivity contribution in [3.05, 3.63) is 83.4 Å². The highest BCUT2D eigenvalue weighted by Gasteiger charge is 2.09. The van der Waals surface area contributed by atoms with Crippen LogP contribution in [0.2, 0.25) is 0 Å². The lowest BCUT2D eigenvalue weighted by molar-refractivity contribution is 0.0697. The molecule has 0 saturated carbocycles. The van der Waals surface area contributed by atoms with E-state index in [1.54, 1.807) is 30.3 Å². The van der Waals surface area contributed by atoms with E-state index < -0.39 is 11.8 Å². The molecule has 0 aliphatic rings. The van der Waals surface area contributed by atoms with Gasteiger partial charge in [0, 0.05) is 5.56 Å². The van der Waals surface area contributed by atoms with Crippen LogP contribution >= 0.6 is 0 Å². The minimum atomic E-state index is -1.02. The lowest BCUT2D eigenvalue weighted by Gasteiger charge is -2.00. The van der Waals surface area contributed by atoms with Crippen LogP contribution in [-0.4, -0.2) is 11.1 Å². The van der Waals surface area contributed by atoms with Crippen molar-refractivity contribution in [2.75, 3.05) is 0 Å². The Balaban J connectivity index is 1.94. The van der Waals surface area contributed by atoms with Crippen molar-refractivity contribution in [1.82, 2.24) is 0 Å². The first-order valence-electron chi connectivity index (χ1n) is 7.38. The number of aromatic carboxylic acids is 1. The largest absolute Gasteiger partial charge is 0.478 e. The van der Waals surface area contributed by atoms with E-state index in [-0.39, 0.29) is 11.1 Å². The van der Waals surface area contributed by atoms with Crippen molar-refractivity contribution in [1.29, 1.82) is 5.26 Å². The molecule has 0 amide bonds. The van der Waals surface area contributed by atoms with Gasteiger partial charge in [0.05, 0.1) is 17.2 Å². The van der Waals surface area contributed by atoms with Gasteiger partial charge in [-0.25, -0.2) is 9.18 Å². The Morgan fingerprint density at radius 2 is 1.84 bits per heavy atom. The second-order valence-corrected chi connectivity index (χ2v) is 5.27. The Morgan fingerprint density at radius 3 is 2.56 bits per heavy atom. The second kappa shape index (κ2) is 6.85. The summed E-state index contributed by atoms with van der Waals surface area (Å²) < 4.78 is 19.0. The smallest absolute Gasteiger partial charge is 0.335 e. The number of carboxylic acid groups (broad SMARTS) is 1. The quantitative estimate of drug-likeness (QED) is 0.693. The van der Waals surface area contributed by atoms with E-state index in [9.17, 15) is 14.4 Å². The average molecular weight is 333 g/mol. The first-order chi connectivity index (χ1) is 12.1. The van der Waals surface area contributed by atoms with E-state index >= 15 is 0 Å². The fourth-order valence-electron chi connectivity index (χ4n) is 2.37. The van der Waals surface area contributed by atoms with E-state index in [0.29, 0.717) is 22.6 Å². The Hall–Kier alpha value is -3.65. The molecule has 0 atom stereocenters. The van der Waals surface area contributed by atoms with Crippen molar-refractivity contribution in [2.24, 2.45) is 0 Å². The third kappa shape index (κ3) is 3.65. The number of carboxylic acids is 1. The molecule has 3 aromatic rings. The molecule has 0 spiro atoms. The van der Waals surface area contributed by atoms with Crippen molar-refractivity contribution in [3.63, 3.8) is 0 Å². The van der Waals surface area contributed by atoms with E-state index in [1.165, 1.54) is 36.4 Å². The molecule has 2 aromatic carbocycles. The molecule has 0 aliphatic carbocycles. The predicted octanol–water partition coefficient (Wildman–Crippen LogP) is 4.85. The number of carbonyl (C=O) groups is 1. The summed E-state index contributed by atoms with van der Waals surface area (Å²) in [5, 5.41) is 18.4. The number of nitriles is 1. The molecule has 4 nitrogen and oxygen atoms in total.